The van der Waals surface area contributed by atoms with Gasteiger partial charge in [0.1, 0.15) is 6.04 Å². The zero-order valence-corrected chi connectivity index (χ0v) is 10.0. The van der Waals surface area contributed by atoms with Crippen molar-refractivity contribution >= 4 is 11.8 Å². The van der Waals surface area contributed by atoms with Crippen molar-refractivity contribution in [1.29, 1.82) is 0 Å². The minimum atomic E-state index is -0.717. The molecule has 0 aliphatic carbocycles. The Bertz CT molecular complexity index is 318. The molecular formula is C12H19N3O2. The topological polar surface area (TPSA) is 84.2 Å². The Balaban J connectivity index is 4.42. The second kappa shape index (κ2) is 9.43. The first-order valence-electron chi connectivity index (χ1n) is 5.53. The standard InChI is InChI=1S/C12H19N3O2/c1-3-6-11(16)15-10(7-5-8-13)12(17)14-9-4-2/h1,5,7,10H,4,6,8-9,13H2,2H3,(H,14,17)(H,15,16). The first kappa shape index (κ1) is 15.2. The minimum Gasteiger partial charge on any atom is -0.354 e. The second-order valence-corrected chi connectivity index (χ2v) is 3.38. The summed E-state index contributed by atoms with van der Waals surface area (Å²) in [7, 11) is 0. The van der Waals surface area contributed by atoms with Gasteiger partial charge in [-0.15, -0.1) is 6.42 Å². The molecular weight excluding hydrogens is 218 g/mol. The van der Waals surface area contributed by atoms with Crippen LogP contribution in [-0.2, 0) is 9.59 Å². The Morgan fingerprint density at radius 2 is 2.24 bits per heavy atom. The largest absolute Gasteiger partial charge is 0.354 e. The summed E-state index contributed by atoms with van der Waals surface area (Å²) in [5, 5.41) is 5.22. The number of carbonyl (C=O) groups is 2. The molecule has 94 valence electrons. The maximum Gasteiger partial charge on any atom is 0.246 e. The van der Waals surface area contributed by atoms with Gasteiger partial charge in [0.2, 0.25) is 11.8 Å². The van der Waals surface area contributed by atoms with Crippen molar-refractivity contribution in [3.63, 3.8) is 0 Å². The molecule has 0 aromatic rings. The molecule has 0 saturated carbocycles. The molecule has 0 bridgehead atoms. The number of hydrogen-bond donors (Lipinski definition) is 3. The van der Waals surface area contributed by atoms with Crippen LogP contribution in [0.2, 0.25) is 0 Å². The summed E-state index contributed by atoms with van der Waals surface area (Å²) in [5.41, 5.74) is 5.30. The Hall–Kier alpha value is -1.80. The number of rotatable bonds is 7. The van der Waals surface area contributed by atoms with Crippen LogP contribution in [0.5, 0.6) is 0 Å². The van der Waals surface area contributed by atoms with Gasteiger partial charge in [0.15, 0.2) is 0 Å². The van der Waals surface area contributed by atoms with E-state index < -0.39 is 6.04 Å². The average molecular weight is 237 g/mol. The Morgan fingerprint density at radius 3 is 2.76 bits per heavy atom. The third kappa shape index (κ3) is 7.14. The fraction of sp³-hybridized carbons (Fsp3) is 0.500. The molecule has 0 aliphatic rings. The van der Waals surface area contributed by atoms with Gasteiger partial charge in [-0.1, -0.05) is 25.0 Å². The third-order valence-corrected chi connectivity index (χ3v) is 1.88. The lowest BCUT2D eigenvalue weighted by Crippen LogP contribution is -2.45. The zero-order chi connectivity index (χ0) is 13.1. The van der Waals surface area contributed by atoms with Crippen LogP contribution in [0, 0.1) is 12.3 Å². The van der Waals surface area contributed by atoms with Crippen molar-refractivity contribution in [2.75, 3.05) is 13.1 Å². The van der Waals surface area contributed by atoms with Gasteiger partial charge in [-0.2, -0.15) is 0 Å². The lowest BCUT2D eigenvalue weighted by Gasteiger charge is -2.14. The second-order valence-electron chi connectivity index (χ2n) is 3.38. The van der Waals surface area contributed by atoms with Crippen molar-refractivity contribution in [1.82, 2.24) is 10.6 Å². The molecule has 1 atom stereocenters. The van der Waals surface area contributed by atoms with Crippen LogP contribution < -0.4 is 16.4 Å². The summed E-state index contributed by atoms with van der Waals surface area (Å²) in [5.74, 6) is 1.60. The minimum absolute atomic E-state index is 0.0476. The van der Waals surface area contributed by atoms with Crippen LogP contribution in [0.15, 0.2) is 12.2 Å². The molecule has 4 N–H and O–H groups in total. The quantitative estimate of drug-likeness (QED) is 0.413. The summed E-state index contributed by atoms with van der Waals surface area (Å²) in [6.45, 7) is 2.82. The molecule has 0 rings (SSSR count). The van der Waals surface area contributed by atoms with Gasteiger partial charge in [0, 0.05) is 13.1 Å². The van der Waals surface area contributed by atoms with Crippen LogP contribution in [-0.4, -0.2) is 30.9 Å². The number of nitrogens with two attached hydrogens (primary N) is 1. The van der Waals surface area contributed by atoms with E-state index in [1.807, 2.05) is 6.92 Å². The summed E-state index contributed by atoms with van der Waals surface area (Å²) < 4.78 is 0. The highest BCUT2D eigenvalue weighted by molar-refractivity contribution is 5.89. The molecule has 5 heteroatoms. The Morgan fingerprint density at radius 1 is 1.53 bits per heavy atom. The van der Waals surface area contributed by atoms with Crippen molar-refractivity contribution in [2.45, 2.75) is 25.8 Å². The van der Waals surface area contributed by atoms with E-state index in [2.05, 4.69) is 16.6 Å². The van der Waals surface area contributed by atoms with E-state index in [9.17, 15) is 9.59 Å². The highest BCUT2D eigenvalue weighted by Gasteiger charge is 2.16. The summed E-state index contributed by atoms with van der Waals surface area (Å²) in [4.78, 5) is 23.0. The Kier molecular flexibility index (Phi) is 8.43. The predicted molar refractivity (Wildman–Crippen MR) is 66.9 cm³/mol. The number of amides is 2. The molecule has 0 radical (unpaired) electrons. The van der Waals surface area contributed by atoms with E-state index in [0.717, 1.165) is 6.42 Å². The summed E-state index contributed by atoms with van der Waals surface area (Å²) >= 11 is 0. The van der Waals surface area contributed by atoms with Crippen molar-refractivity contribution in [2.24, 2.45) is 5.73 Å². The third-order valence-electron chi connectivity index (χ3n) is 1.88. The smallest absolute Gasteiger partial charge is 0.246 e. The van der Waals surface area contributed by atoms with E-state index >= 15 is 0 Å². The molecule has 0 aromatic heterocycles. The van der Waals surface area contributed by atoms with E-state index in [1.165, 1.54) is 0 Å². The summed E-state index contributed by atoms with van der Waals surface area (Å²) in [6.07, 6.45) is 8.97. The number of carbonyl (C=O) groups excluding carboxylic acids is 2. The van der Waals surface area contributed by atoms with Crippen molar-refractivity contribution in [3.05, 3.63) is 12.2 Å². The molecule has 5 nitrogen and oxygen atoms in total. The molecule has 0 aliphatic heterocycles. The Labute approximate surface area is 102 Å². The fourth-order valence-corrected chi connectivity index (χ4v) is 1.09. The summed E-state index contributed by atoms with van der Waals surface area (Å²) in [6, 6.07) is -0.717. The monoisotopic (exact) mass is 237 g/mol. The van der Waals surface area contributed by atoms with Crippen LogP contribution >= 0.6 is 0 Å². The lowest BCUT2D eigenvalue weighted by molar-refractivity contribution is -0.127. The number of nitrogens with one attached hydrogen (secondary N) is 2. The van der Waals surface area contributed by atoms with Gasteiger partial charge < -0.3 is 16.4 Å². The van der Waals surface area contributed by atoms with Crippen LogP contribution in [0.25, 0.3) is 0 Å². The predicted octanol–water partition coefficient (Wildman–Crippen LogP) is -0.464. The van der Waals surface area contributed by atoms with Gasteiger partial charge >= 0.3 is 0 Å². The molecule has 2 amide bonds. The highest BCUT2D eigenvalue weighted by atomic mass is 16.2. The van der Waals surface area contributed by atoms with Crippen LogP contribution in [0.4, 0.5) is 0 Å². The maximum absolute atomic E-state index is 11.7. The molecule has 0 heterocycles. The first-order valence-corrected chi connectivity index (χ1v) is 5.53. The zero-order valence-electron chi connectivity index (χ0n) is 10.0. The van der Waals surface area contributed by atoms with E-state index in [-0.39, 0.29) is 18.2 Å². The maximum atomic E-state index is 11.7. The highest BCUT2D eigenvalue weighted by Crippen LogP contribution is 1.90. The van der Waals surface area contributed by atoms with Crippen molar-refractivity contribution in [3.8, 4) is 12.3 Å². The first-order chi connectivity index (χ1) is 8.15. The van der Waals surface area contributed by atoms with Gasteiger partial charge in [0.25, 0.3) is 0 Å². The molecule has 0 aromatic carbocycles. The SMILES string of the molecule is C#CCC(=O)NC(C=CCN)C(=O)NCCC. The molecule has 17 heavy (non-hydrogen) atoms. The number of terminal acetylenes is 1. The molecule has 1 unspecified atom stereocenters. The van der Waals surface area contributed by atoms with Gasteiger partial charge in [-0.05, 0) is 6.42 Å². The average Bonchev–Trinajstić information content (AvgIpc) is 2.31. The van der Waals surface area contributed by atoms with Gasteiger partial charge in [-0.25, -0.2) is 0 Å². The number of hydrogen-bond acceptors (Lipinski definition) is 3. The van der Waals surface area contributed by atoms with Crippen LogP contribution in [0.1, 0.15) is 19.8 Å². The van der Waals surface area contributed by atoms with E-state index in [0.29, 0.717) is 13.1 Å². The van der Waals surface area contributed by atoms with E-state index in [1.54, 1.807) is 12.2 Å². The normalized spacial score (nSPS) is 11.8. The van der Waals surface area contributed by atoms with Gasteiger partial charge in [-0.3, -0.25) is 9.59 Å². The molecule has 0 saturated heterocycles. The fourth-order valence-electron chi connectivity index (χ4n) is 1.09. The van der Waals surface area contributed by atoms with Crippen molar-refractivity contribution < 1.29 is 9.59 Å². The van der Waals surface area contributed by atoms with Crippen LogP contribution in [0.3, 0.4) is 0 Å². The molecule has 0 spiro atoms. The lowest BCUT2D eigenvalue weighted by atomic mass is 10.2. The van der Waals surface area contributed by atoms with E-state index in [4.69, 9.17) is 12.2 Å². The molecule has 0 fully saturated rings. The van der Waals surface area contributed by atoms with Gasteiger partial charge in [0.05, 0.1) is 6.42 Å².